The number of aromatic nitrogens is 1. The third-order valence-electron chi connectivity index (χ3n) is 6.08. The van der Waals surface area contributed by atoms with Gasteiger partial charge in [-0.2, -0.15) is 0 Å². The average molecular weight is 536 g/mol. The summed E-state index contributed by atoms with van der Waals surface area (Å²) in [6.45, 7) is 3.43. The number of amides is 3. The van der Waals surface area contributed by atoms with Crippen molar-refractivity contribution in [1.29, 1.82) is 0 Å². The lowest BCUT2D eigenvalue weighted by Gasteiger charge is -2.23. The molecule has 10 heteroatoms. The van der Waals surface area contributed by atoms with Gasteiger partial charge in [-0.1, -0.05) is 59.2 Å². The highest BCUT2D eigenvalue weighted by atomic mass is 35.5. The van der Waals surface area contributed by atoms with E-state index in [9.17, 15) is 9.59 Å². The maximum Gasteiger partial charge on any atom is 0.323 e. The van der Waals surface area contributed by atoms with Crippen molar-refractivity contribution < 1.29 is 14.1 Å². The lowest BCUT2D eigenvalue weighted by Crippen LogP contribution is -2.45. The van der Waals surface area contributed by atoms with E-state index < -0.39 is 6.03 Å². The van der Waals surface area contributed by atoms with Crippen LogP contribution in [-0.2, 0) is 0 Å². The van der Waals surface area contributed by atoms with Gasteiger partial charge >= 0.3 is 6.03 Å². The summed E-state index contributed by atoms with van der Waals surface area (Å²) in [5, 5.41) is 16.8. The SMILES string of the molecule is Cc1noc(-c2ccccc2)c1NC(=O)Nc1cc(-c2ccc(Cl)cc2)sc1C(=O)N[C@H]1CCCNC1. The number of thiophene rings is 1. The molecule has 0 aliphatic carbocycles. The maximum absolute atomic E-state index is 13.3. The fourth-order valence-electron chi connectivity index (χ4n) is 4.21. The minimum atomic E-state index is -0.502. The van der Waals surface area contributed by atoms with Crippen LogP contribution in [0.25, 0.3) is 21.8 Å². The van der Waals surface area contributed by atoms with Gasteiger partial charge in [-0.3, -0.25) is 4.79 Å². The van der Waals surface area contributed by atoms with Gasteiger partial charge in [0.1, 0.15) is 16.3 Å². The molecule has 1 atom stereocenters. The van der Waals surface area contributed by atoms with E-state index in [1.165, 1.54) is 11.3 Å². The summed E-state index contributed by atoms with van der Waals surface area (Å²) in [4.78, 5) is 27.7. The molecule has 1 aliphatic heterocycles. The van der Waals surface area contributed by atoms with Gasteiger partial charge in [-0.05, 0) is 50.1 Å². The van der Waals surface area contributed by atoms with Gasteiger partial charge in [-0.15, -0.1) is 11.3 Å². The maximum atomic E-state index is 13.3. The third-order valence-corrected chi connectivity index (χ3v) is 7.52. The van der Waals surface area contributed by atoms with Crippen LogP contribution in [-0.4, -0.2) is 36.2 Å². The molecule has 0 saturated carbocycles. The molecule has 2 aromatic carbocycles. The van der Waals surface area contributed by atoms with Crippen LogP contribution in [0.15, 0.2) is 65.2 Å². The number of carbonyl (C=O) groups is 2. The molecule has 190 valence electrons. The second-order valence-electron chi connectivity index (χ2n) is 8.79. The lowest BCUT2D eigenvalue weighted by molar-refractivity contribution is 0.0935. The normalized spacial score (nSPS) is 15.2. The molecule has 2 aromatic heterocycles. The van der Waals surface area contributed by atoms with E-state index in [0.29, 0.717) is 32.7 Å². The molecular formula is C27H26ClN5O3S. The monoisotopic (exact) mass is 535 g/mol. The second-order valence-corrected chi connectivity index (χ2v) is 10.3. The zero-order valence-electron chi connectivity index (χ0n) is 20.1. The van der Waals surface area contributed by atoms with Gasteiger partial charge in [-0.25, -0.2) is 4.79 Å². The zero-order valence-corrected chi connectivity index (χ0v) is 21.7. The van der Waals surface area contributed by atoms with Gasteiger partial charge in [0, 0.05) is 28.0 Å². The fraction of sp³-hybridized carbons (Fsp3) is 0.222. The highest BCUT2D eigenvalue weighted by Crippen LogP contribution is 2.36. The van der Waals surface area contributed by atoms with Crippen molar-refractivity contribution in [3.05, 3.63) is 76.3 Å². The van der Waals surface area contributed by atoms with Crippen molar-refractivity contribution in [2.75, 3.05) is 23.7 Å². The highest BCUT2D eigenvalue weighted by Gasteiger charge is 2.24. The molecule has 8 nitrogen and oxygen atoms in total. The van der Waals surface area contributed by atoms with Crippen LogP contribution in [0, 0.1) is 6.92 Å². The summed E-state index contributed by atoms with van der Waals surface area (Å²) in [6, 6.07) is 18.1. The van der Waals surface area contributed by atoms with E-state index >= 15 is 0 Å². The van der Waals surface area contributed by atoms with E-state index in [-0.39, 0.29) is 11.9 Å². The number of hydrogen-bond acceptors (Lipinski definition) is 6. The number of hydrogen-bond donors (Lipinski definition) is 4. The molecule has 4 N–H and O–H groups in total. The van der Waals surface area contributed by atoms with Crippen LogP contribution in [0.4, 0.5) is 16.2 Å². The molecule has 1 fully saturated rings. The van der Waals surface area contributed by atoms with Crippen molar-refractivity contribution in [2.45, 2.75) is 25.8 Å². The zero-order chi connectivity index (χ0) is 25.8. The Kier molecular flexibility index (Phi) is 7.55. The number of nitrogens with zero attached hydrogens (tertiary/aromatic N) is 1. The predicted molar refractivity (Wildman–Crippen MR) is 147 cm³/mol. The van der Waals surface area contributed by atoms with Gasteiger partial charge in [0.2, 0.25) is 0 Å². The van der Waals surface area contributed by atoms with Crippen molar-refractivity contribution in [3.8, 4) is 21.8 Å². The number of halogens is 1. The van der Waals surface area contributed by atoms with Gasteiger partial charge < -0.3 is 25.8 Å². The van der Waals surface area contributed by atoms with Crippen molar-refractivity contribution in [2.24, 2.45) is 0 Å². The van der Waals surface area contributed by atoms with Crippen LogP contribution in [0.1, 0.15) is 28.2 Å². The van der Waals surface area contributed by atoms with Crippen LogP contribution in [0.5, 0.6) is 0 Å². The third kappa shape index (κ3) is 5.85. The topological polar surface area (TPSA) is 108 Å². The Labute approximate surface area is 223 Å². The Morgan fingerprint density at radius 1 is 1.08 bits per heavy atom. The molecule has 0 spiro atoms. The molecule has 1 saturated heterocycles. The highest BCUT2D eigenvalue weighted by molar-refractivity contribution is 7.18. The van der Waals surface area contributed by atoms with E-state index in [1.807, 2.05) is 42.5 Å². The van der Waals surface area contributed by atoms with Crippen LogP contribution in [0.3, 0.4) is 0 Å². The number of piperidine rings is 1. The largest absolute Gasteiger partial charge is 0.354 e. The Hall–Kier alpha value is -3.66. The first-order chi connectivity index (χ1) is 18.0. The molecule has 3 amide bonds. The average Bonchev–Trinajstić information content (AvgIpc) is 3.49. The van der Waals surface area contributed by atoms with E-state index in [1.54, 1.807) is 25.1 Å². The fourth-order valence-corrected chi connectivity index (χ4v) is 5.35. The van der Waals surface area contributed by atoms with Crippen LogP contribution in [0.2, 0.25) is 5.02 Å². The molecule has 5 rings (SSSR count). The van der Waals surface area contributed by atoms with Crippen molar-refractivity contribution in [3.63, 3.8) is 0 Å². The smallest absolute Gasteiger partial charge is 0.323 e. The van der Waals surface area contributed by atoms with Gasteiger partial charge in [0.25, 0.3) is 5.91 Å². The molecule has 4 aromatic rings. The number of anilines is 2. The number of benzene rings is 2. The Morgan fingerprint density at radius 3 is 2.59 bits per heavy atom. The molecule has 0 bridgehead atoms. The first-order valence-corrected chi connectivity index (χ1v) is 13.2. The second kappa shape index (κ2) is 11.2. The summed E-state index contributed by atoms with van der Waals surface area (Å²) in [5.41, 5.74) is 3.13. The number of nitrogens with one attached hydrogen (secondary N) is 4. The first-order valence-electron chi connectivity index (χ1n) is 12.0. The van der Waals surface area contributed by atoms with Crippen LogP contribution >= 0.6 is 22.9 Å². The summed E-state index contributed by atoms with van der Waals surface area (Å²) >= 11 is 7.38. The van der Waals surface area contributed by atoms with Crippen LogP contribution < -0.4 is 21.3 Å². The van der Waals surface area contributed by atoms with E-state index in [0.717, 1.165) is 41.9 Å². The van der Waals surface area contributed by atoms with E-state index in [2.05, 4.69) is 26.4 Å². The van der Waals surface area contributed by atoms with Crippen molar-refractivity contribution >= 4 is 46.3 Å². The van der Waals surface area contributed by atoms with Gasteiger partial charge in [0.05, 0.1) is 5.69 Å². The quantitative estimate of drug-likeness (QED) is 0.236. The molecular weight excluding hydrogens is 510 g/mol. The minimum absolute atomic E-state index is 0.0390. The Bertz CT molecular complexity index is 1400. The summed E-state index contributed by atoms with van der Waals surface area (Å²) in [6.07, 6.45) is 1.91. The Morgan fingerprint density at radius 2 is 1.86 bits per heavy atom. The number of aryl methyl sites for hydroxylation is 1. The molecule has 1 aliphatic rings. The number of urea groups is 1. The summed E-state index contributed by atoms with van der Waals surface area (Å²) in [7, 11) is 0. The molecule has 37 heavy (non-hydrogen) atoms. The molecule has 3 heterocycles. The summed E-state index contributed by atoms with van der Waals surface area (Å²) < 4.78 is 5.48. The number of carbonyl (C=O) groups excluding carboxylic acids is 2. The first kappa shape index (κ1) is 25.0. The predicted octanol–water partition coefficient (Wildman–Crippen LogP) is 6.16. The lowest BCUT2D eigenvalue weighted by atomic mass is 10.1. The minimum Gasteiger partial charge on any atom is -0.354 e. The van der Waals surface area contributed by atoms with Crippen molar-refractivity contribution in [1.82, 2.24) is 15.8 Å². The number of rotatable bonds is 6. The van der Waals surface area contributed by atoms with E-state index in [4.69, 9.17) is 16.1 Å². The summed E-state index contributed by atoms with van der Waals surface area (Å²) in [5.74, 6) is 0.239. The molecule has 0 radical (unpaired) electrons. The molecule has 0 unspecified atom stereocenters. The van der Waals surface area contributed by atoms with Gasteiger partial charge in [0.15, 0.2) is 5.76 Å². The Balaban J connectivity index is 1.40. The standard InChI is InChI=1S/C27H26ClN5O3S/c1-16-23(24(36-33-16)18-6-3-2-4-7-18)32-27(35)31-21-14-22(17-9-11-19(28)12-10-17)37-25(21)26(34)30-20-8-5-13-29-15-20/h2-4,6-7,9-12,14,20,29H,5,8,13,15H2,1H3,(H,30,34)(H2,31,32,35)/t20-/m0/s1.